The van der Waals surface area contributed by atoms with E-state index in [1.54, 1.807) is 35.6 Å². The molecule has 1 amide bonds. The molecule has 2 aromatic rings. The van der Waals surface area contributed by atoms with Gasteiger partial charge in [0, 0.05) is 14.8 Å². The topological polar surface area (TPSA) is 32.7 Å². The quantitative estimate of drug-likeness (QED) is 0.750. The molecule has 5 heteroatoms. The lowest BCUT2D eigenvalue weighted by atomic mass is 10.1. The molecule has 0 saturated heterocycles. The number of hydrogen-bond acceptors (Lipinski definition) is 3. The molecule has 0 fully saturated rings. The zero-order chi connectivity index (χ0) is 15.0. The molecule has 1 aliphatic heterocycles. The molecule has 21 heavy (non-hydrogen) atoms. The Kier molecular flexibility index (Phi) is 3.66. The van der Waals surface area contributed by atoms with Crippen molar-refractivity contribution in [2.45, 2.75) is 13.8 Å². The fraction of sp³-hybridized carbons (Fsp3) is 0.125. The standard InChI is InChI=1S/C16H13ClN2OS/c1-10-3-8-14(21-10)9-15-11(2)18-19(16(15)20)13-6-4-12(17)5-7-13/h3-9H,1-2H3. The predicted octanol–water partition coefficient (Wildman–Crippen LogP) is 4.52. The van der Waals surface area contributed by atoms with Gasteiger partial charge in [0.15, 0.2) is 0 Å². The lowest BCUT2D eigenvalue weighted by Gasteiger charge is -2.11. The summed E-state index contributed by atoms with van der Waals surface area (Å²) in [5.41, 5.74) is 2.07. The number of nitrogens with zero attached hydrogens (tertiary/aromatic N) is 2. The van der Waals surface area contributed by atoms with Gasteiger partial charge in [-0.05, 0) is 56.3 Å². The van der Waals surface area contributed by atoms with Crippen molar-refractivity contribution in [3.8, 4) is 0 Å². The van der Waals surface area contributed by atoms with E-state index in [1.807, 2.05) is 32.1 Å². The SMILES string of the molecule is CC1=NN(c2ccc(Cl)cc2)C(=O)C1=Cc1ccc(C)s1. The highest BCUT2D eigenvalue weighted by Crippen LogP contribution is 2.27. The third-order valence-corrected chi connectivity index (χ3v) is 4.38. The lowest BCUT2D eigenvalue weighted by molar-refractivity contribution is -0.114. The number of hydrogen-bond donors (Lipinski definition) is 0. The molecule has 0 radical (unpaired) electrons. The van der Waals surface area contributed by atoms with E-state index in [0.29, 0.717) is 10.6 Å². The average Bonchev–Trinajstić information content (AvgIpc) is 2.98. The van der Waals surface area contributed by atoms with Gasteiger partial charge < -0.3 is 0 Å². The van der Waals surface area contributed by atoms with Crippen LogP contribution in [0, 0.1) is 6.92 Å². The highest BCUT2D eigenvalue weighted by atomic mass is 35.5. The van der Waals surface area contributed by atoms with Gasteiger partial charge in [0.1, 0.15) is 0 Å². The zero-order valence-corrected chi connectivity index (χ0v) is 13.2. The van der Waals surface area contributed by atoms with Gasteiger partial charge >= 0.3 is 0 Å². The van der Waals surface area contributed by atoms with Crippen LogP contribution in [0.5, 0.6) is 0 Å². The first-order valence-electron chi connectivity index (χ1n) is 6.48. The Balaban J connectivity index is 1.93. The van der Waals surface area contributed by atoms with Crippen molar-refractivity contribution in [3.05, 3.63) is 56.7 Å². The molecule has 3 nitrogen and oxygen atoms in total. The fourth-order valence-electron chi connectivity index (χ4n) is 2.11. The summed E-state index contributed by atoms with van der Waals surface area (Å²) in [6.07, 6.45) is 1.90. The maximum absolute atomic E-state index is 12.5. The van der Waals surface area contributed by atoms with Crippen molar-refractivity contribution in [2.24, 2.45) is 5.10 Å². The van der Waals surface area contributed by atoms with Crippen LogP contribution in [-0.4, -0.2) is 11.6 Å². The molecule has 0 aliphatic carbocycles. The predicted molar refractivity (Wildman–Crippen MR) is 89.1 cm³/mol. The van der Waals surface area contributed by atoms with E-state index in [4.69, 9.17) is 11.6 Å². The molecule has 0 bridgehead atoms. The Morgan fingerprint density at radius 3 is 2.48 bits per heavy atom. The van der Waals surface area contributed by atoms with E-state index in [0.717, 1.165) is 16.3 Å². The number of carbonyl (C=O) groups is 1. The second kappa shape index (κ2) is 5.47. The first-order valence-corrected chi connectivity index (χ1v) is 7.68. The highest BCUT2D eigenvalue weighted by molar-refractivity contribution is 7.12. The third kappa shape index (κ3) is 2.77. The normalized spacial score (nSPS) is 16.7. The van der Waals surface area contributed by atoms with E-state index in [9.17, 15) is 4.79 Å². The van der Waals surface area contributed by atoms with Gasteiger partial charge in [-0.1, -0.05) is 11.6 Å². The van der Waals surface area contributed by atoms with Crippen molar-refractivity contribution < 1.29 is 4.79 Å². The van der Waals surface area contributed by atoms with Crippen molar-refractivity contribution in [3.63, 3.8) is 0 Å². The molecule has 3 rings (SSSR count). The molecule has 0 unspecified atom stereocenters. The fourth-order valence-corrected chi connectivity index (χ4v) is 3.06. The van der Waals surface area contributed by atoms with Gasteiger partial charge in [0.05, 0.1) is 17.0 Å². The molecular formula is C16H13ClN2OS. The van der Waals surface area contributed by atoms with Crippen LogP contribution in [0.3, 0.4) is 0 Å². The second-order valence-electron chi connectivity index (χ2n) is 4.79. The average molecular weight is 317 g/mol. The van der Waals surface area contributed by atoms with Gasteiger partial charge in [-0.25, -0.2) is 0 Å². The Morgan fingerprint density at radius 2 is 1.86 bits per heavy atom. The monoisotopic (exact) mass is 316 g/mol. The van der Waals surface area contributed by atoms with Crippen molar-refractivity contribution in [2.75, 3.05) is 5.01 Å². The lowest BCUT2D eigenvalue weighted by Crippen LogP contribution is -2.21. The minimum absolute atomic E-state index is 0.110. The Labute approximate surface area is 132 Å². The molecule has 0 atom stereocenters. The van der Waals surface area contributed by atoms with Crippen LogP contribution in [0.15, 0.2) is 47.1 Å². The second-order valence-corrected chi connectivity index (χ2v) is 6.54. The molecule has 1 aromatic heterocycles. The van der Waals surface area contributed by atoms with E-state index in [2.05, 4.69) is 5.10 Å². The number of aryl methyl sites for hydroxylation is 1. The number of amides is 1. The van der Waals surface area contributed by atoms with Crippen LogP contribution in [0.4, 0.5) is 5.69 Å². The van der Waals surface area contributed by atoms with Gasteiger partial charge in [0.2, 0.25) is 0 Å². The number of carbonyl (C=O) groups excluding carboxylic acids is 1. The molecule has 0 saturated carbocycles. The smallest absolute Gasteiger partial charge is 0.267 e. The maximum atomic E-state index is 12.5. The van der Waals surface area contributed by atoms with Crippen LogP contribution < -0.4 is 5.01 Å². The number of anilines is 1. The molecule has 0 spiro atoms. The van der Waals surface area contributed by atoms with Gasteiger partial charge in [-0.15, -0.1) is 11.3 Å². The molecule has 1 aromatic carbocycles. The van der Waals surface area contributed by atoms with Crippen LogP contribution in [-0.2, 0) is 4.79 Å². The van der Waals surface area contributed by atoms with Crippen molar-refractivity contribution in [1.29, 1.82) is 0 Å². The summed E-state index contributed by atoms with van der Waals surface area (Å²) < 4.78 is 0. The highest BCUT2D eigenvalue weighted by Gasteiger charge is 2.28. The first kappa shape index (κ1) is 14.0. The number of thiophene rings is 1. The number of hydrazone groups is 1. The number of halogens is 1. The third-order valence-electron chi connectivity index (χ3n) is 3.18. The Bertz CT molecular complexity index is 759. The molecule has 106 valence electrons. The largest absolute Gasteiger partial charge is 0.280 e. The van der Waals surface area contributed by atoms with Crippen LogP contribution in [0.2, 0.25) is 5.02 Å². The van der Waals surface area contributed by atoms with E-state index in [1.165, 1.54) is 9.89 Å². The summed E-state index contributed by atoms with van der Waals surface area (Å²) in [4.78, 5) is 14.8. The molecule has 0 N–H and O–H groups in total. The maximum Gasteiger partial charge on any atom is 0.280 e. The van der Waals surface area contributed by atoms with Crippen LogP contribution >= 0.6 is 22.9 Å². The van der Waals surface area contributed by atoms with Crippen LogP contribution in [0.25, 0.3) is 6.08 Å². The zero-order valence-electron chi connectivity index (χ0n) is 11.6. The van der Waals surface area contributed by atoms with Crippen molar-refractivity contribution in [1.82, 2.24) is 0 Å². The first-order chi connectivity index (χ1) is 10.0. The summed E-state index contributed by atoms with van der Waals surface area (Å²) in [5.74, 6) is -0.110. The van der Waals surface area contributed by atoms with Gasteiger partial charge in [-0.2, -0.15) is 10.1 Å². The summed E-state index contributed by atoms with van der Waals surface area (Å²) in [7, 11) is 0. The number of rotatable bonds is 2. The minimum atomic E-state index is -0.110. The summed E-state index contributed by atoms with van der Waals surface area (Å²) >= 11 is 7.53. The van der Waals surface area contributed by atoms with E-state index >= 15 is 0 Å². The van der Waals surface area contributed by atoms with E-state index < -0.39 is 0 Å². The molecular weight excluding hydrogens is 304 g/mol. The minimum Gasteiger partial charge on any atom is -0.267 e. The number of benzene rings is 1. The molecule has 2 heterocycles. The Morgan fingerprint density at radius 1 is 1.14 bits per heavy atom. The molecule has 1 aliphatic rings. The Hall–Kier alpha value is -1.91. The van der Waals surface area contributed by atoms with Crippen LogP contribution in [0.1, 0.15) is 16.7 Å². The van der Waals surface area contributed by atoms with Gasteiger partial charge in [0.25, 0.3) is 5.91 Å². The van der Waals surface area contributed by atoms with Gasteiger partial charge in [-0.3, -0.25) is 4.79 Å². The summed E-state index contributed by atoms with van der Waals surface area (Å²) in [6, 6.07) is 11.1. The van der Waals surface area contributed by atoms with E-state index in [-0.39, 0.29) is 5.91 Å². The van der Waals surface area contributed by atoms with Crippen molar-refractivity contribution >= 4 is 46.3 Å². The summed E-state index contributed by atoms with van der Waals surface area (Å²) in [6.45, 7) is 3.89. The summed E-state index contributed by atoms with van der Waals surface area (Å²) in [5, 5.41) is 6.40.